The number of amides is 1. The minimum atomic E-state index is 0.117. The molecule has 1 unspecified atom stereocenters. The fourth-order valence-electron chi connectivity index (χ4n) is 2.03. The molecular weight excluding hydrogens is 214 g/mol. The van der Waals surface area contributed by atoms with Gasteiger partial charge in [0.25, 0.3) is 0 Å². The van der Waals surface area contributed by atoms with E-state index in [-0.39, 0.29) is 12.5 Å². The van der Waals surface area contributed by atoms with E-state index in [0.717, 1.165) is 25.8 Å². The van der Waals surface area contributed by atoms with Crippen molar-refractivity contribution in [3.63, 3.8) is 0 Å². The lowest BCUT2D eigenvalue weighted by atomic mass is 10.00. The zero-order chi connectivity index (χ0) is 11.1. The van der Waals surface area contributed by atoms with Gasteiger partial charge in [-0.05, 0) is 32.6 Å². The lowest BCUT2D eigenvalue weighted by Crippen LogP contribution is -2.45. The van der Waals surface area contributed by atoms with Crippen LogP contribution in [-0.2, 0) is 9.53 Å². The van der Waals surface area contributed by atoms with Gasteiger partial charge in [-0.1, -0.05) is 0 Å². The van der Waals surface area contributed by atoms with Crippen molar-refractivity contribution in [2.24, 2.45) is 0 Å². The van der Waals surface area contributed by atoms with E-state index in [1.165, 1.54) is 6.42 Å². The first-order valence-electron chi connectivity index (χ1n) is 5.72. The molecule has 0 radical (unpaired) electrons. The van der Waals surface area contributed by atoms with Gasteiger partial charge in [-0.25, -0.2) is 0 Å². The smallest absolute Gasteiger partial charge is 0.248 e. The Labute approximate surface area is 96.7 Å². The largest absolute Gasteiger partial charge is 0.372 e. The number of alkyl halides is 1. The molecule has 0 spiro atoms. The average Bonchev–Trinajstić information content (AvgIpc) is 2.27. The van der Waals surface area contributed by atoms with E-state index in [4.69, 9.17) is 16.3 Å². The summed E-state index contributed by atoms with van der Waals surface area (Å²) in [5, 5.41) is 0. The Bertz CT molecular complexity index is 197. The number of likely N-dealkylation sites (tertiary alicyclic amines) is 1. The molecule has 1 rings (SSSR count). The molecule has 0 aromatic carbocycles. The highest BCUT2D eigenvalue weighted by Crippen LogP contribution is 2.20. The van der Waals surface area contributed by atoms with Crippen molar-refractivity contribution in [1.82, 2.24) is 4.90 Å². The van der Waals surface area contributed by atoms with Crippen LogP contribution in [0.2, 0.25) is 0 Å². The Morgan fingerprint density at radius 3 is 3.00 bits per heavy atom. The number of ether oxygens (including phenoxy) is 1. The summed E-state index contributed by atoms with van der Waals surface area (Å²) in [6.45, 7) is 3.59. The summed E-state index contributed by atoms with van der Waals surface area (Å²) in [5.74, 6) is 0.745. The molecule has 1 atom stereocenters. The number of rotatable bonds is 5. The molecule has 1 aliphatic heterocycles. The normalized spacial score (nSPS) is 21.7. The molecule has 0 aromatic heterocycles. The summed E-state index contributed by atoms with van der Waals surface area (Å²) >= 11 is 5.74. The van der Waals surface area contributed by atoms with Crippen molar-refractivity contribution < 1.29 is 9.53 Å². The second kappa shape index (κ2) is 7.07. The Morgan fingerprint density at radius 2 is 2.33 bits per heavy atom. The van der Waals surface area contributed by atoms with Crippen LogP contribution in [-0.4, -0.2) is 42.5 Å². The summed E-state index contributed by atoms with van der Waals surface area (Å²) in [7, 11) is 0. The van der Waals surface area contributed by atoms with E-state index >= 15 is 0 Å². The summed E-state index contributed by atoms with van der Waals surface area (Å²) in [4.78, 5) is 13.7. The molecule has 1 fully saturated rings. The highest BCUT2D eigenvalue weighted by Gasteiger charge is 2.25. The highest BCUT2D eigenvalue weighted by molar-refractivity contribution is 6.17. The predicted octanol–water partition coefficient (Wildman–Crippen LogP) is 2.03. The minimum absolute atomic E-state index is 0.117. The monoisotopic (exact) mass is 233 g/mol. The maximum atomic E-state index is 11.8. The summed E-state index contributed by atoms with van der Waals surface area (Å²) in [6, 6.07) is 0.337. The zero-order valence-electron chi connectivity index (χ0n) is 9.38. The van der Waals surface area contributed by atoms with Crippen molar-refractivity contribution in [3.05, 3.63) is 0 Å². The van der Waals surface area contributed by atoms with Gasteiger partial charge in [0, 0.05) is 25.1 Å². The van der Waals surface area contributed by atoms with Crippen molar-refractivity contribution >= 4 is 17.5 Å². The fourth-order valence-corrected chi connectivity index (χ4v) is 2.28. The number of carbonyl (C=O) groups excluding carboxylic acids is 1. The van der Waals surface area contributed by atoms with Crippen LogP contribution >= 0.6 is 11.6 Å². The average molecular weight is 234 g/mol. The molecule has 1 heterocycles. The number of nitrogens with zero attached hydrogens (tertiary/aromatic N) is 1. The molecule has 4 heteroatoms. The second-order valence-electron chi connectivity index (χ2n) is 3.85. The van der Waals surface area contributed by atoms with Crippen molar-refractivity contribution in [2.75, 3.05) is 25.6 Å². The van der Waals surface area contributed by atoms with Crippen LogP contribution in [0.15, 0.2) is 0 Å². The third-order valence-corrected chi connectivity index (χ3v) is 3.04. The number of halogens is 1. The van der Waals surface area contributed by atoms with Crippen molar-refractivity contribution in [2.45, 2.75) is 38.6 Å². The zero-order valence-corrected chi connectivity index (χ0v) is 10.1. The fraction of sp³-hybridized carbons (Fsp3) is 0.909. The first kappa shape index (κ1) is 12.8. The van der Waals surface area contributed by atoms with E-state index in [0.29, 0.717) is 18.5 Å². The molecule has 88 valence electrons. The quantitative estimate of drug-likeness (QED) is 0.680. The van der Waals surface area contributed by atoms with E-state index in [1.54, 1.807) is 0 Å². The van der Waals surface area contributed by atoms with Gasteiger partial charge in [-0.3, -0.25) is 4.79 Å². The van der Waals surface area contributed by atoms with Crippen LogP contribution in [0.4, 0.5) is 0 Å². The Morgan fingerprint density at radius 1 is 1.53 bits per heavy atom. The molecule has 0 aliphatic carbocycles. The standard InChI is InChI=1S/C11H20ClNO2/c1-2-15-9-11(14)13-8-4-3-5-10(13)6-7-12/h10H,2-9H2,1H3. The number of hydrogen-bond donors (Lipinski definition) is 0. The van der Waals surface area contributed by atoms with Crippen LogP contribution in [0.1, 0.15) is 32.6 Å². The molecular formula is C11H20ClNO2. The first-order valence-corrected chi connectivity index (χ1v) is 6.26. The second-order valence-corrected chi connectivity index (χ2v) is 4.23. The molecule has 1 aliphatic rings. The lowest BCUT2D eigenvalue weighted by Gasteiger charge is -2.35. The van der Waals surface area contributed by atoms with Crippen molar-refractivity contribution in [1.29, 1.82) is 0 Å². The van der Waals surface area contributed by atoms with Gasteiger partial charge < -0.3 is 9.64 Å². The van der Waals surface area contributed by atoms with Gasteiger partial charge in [-0.2, -0.15) is 0 Å². The maximum absolute atomic E-state index is 11.8. The minimum Gasteiger partial charge on any atom is -0.372 e. The Balaban J connectivity index is 2.43. The first-order chi connectivity index (χ1) is 7.29. The molecule has 15 heavy (non-hydrogen) atoms. The molecule has 1 amide bonds. The van der Waals surface area contributed by atoms with Crippen LogP contribution in [0, 0.1) is 0 Å². The lowest BCUT2D eigenvalue weighted by molar-refractivity contribution is -0.139. The van der Waals surface area contributed by atoms with Gasteiger partial charge in [0.1, 0.15) is 6.61 Å². The van der Waals surface area contributed by atoms with Gasteiger partial charge in [0.15, 0.2) is 0 Å². The molecule has 1 saturated heterocycles. The maximum Gasteiger partial charge on any atom is 0.248 e. The van der Waals surface area contributed by atoms with Gasteiger partial charge in [0.05, 0.1) is 0 Å². The molecule has 0 N–H and O–H groups in total. The summed E-state index contributed by atoms with van der Waals surface area (Å²) in [6.07, 6.45) is 4.31. The third kappa shape index (κ3) is 3.99. The molecule has 0 bridgehead atoms. The molecule has 0 saturated carbocycles. The number of carbonyl (C=O) groups is 1. The number of piperidine rings is 1. The van der Waals surface area contributed by atoms with Gasteiger partial charge >= 0.3 is 0 Å². The highest BCUT2D eigenvalue weighted by atomic mass is 35.5. The van der Waals surface area contributed by atoms with Gasteiger partial charge in [-0.15, -0.1) is 11.6 Å². The Kier molecular flexibility index (Phi) is 6.03. The van der Waals surface area contributed by atoms with Crippen LogP contribution in [0.5, 0.6) is 0 Å². The van der Waals surface area contributed by atoms with Crippen LogP contribution in [0.25, 0.3) is 0 Å². The topological polar surface area (TPSA) is 29.5 Å². The summed E-state index contributed by atoms with van der Waals surface area (Å²) in [5.41, 5.74) is 0. The van der Waals surface area contributed by atoms with Crippen molar-refractivity contribution in [3.8, 4) is 0 Å². The molecule has 0 aromatic rings. The van der Waals surface area contributed by atoms with Crippen LogP contribution in [0.3, 0.4) is 0 Å². The third-order valence-electron chi connectivity index (χ3n) is 2.82. The van der Waals surface area contributed by atoms with E-state index in [2.05, 4.69) is 0 Å². The SMILES string of the molecule is CCOCC(=O)N1CCCCC1CCCl. The summed E-state index contributed by atoms with van der Waals surface area (Å²) < 4.78 is 5.15. The predicted molar refractivity (Wildman–Crippen MR) is 61.2 cm³/mol. The van der Waals surface area contributed by atoms with E-state index in [9.17, 15) is 4.79 Å². The van der Waals surface area contributed by atoms with E-state index in [1.807, 2.05) is 11.8 Å². The van der Waals surface area contributed by atoms with E-state index < -0.39 is 0 Å². The van der Waals surface area contributed by atoms with Gasteiger partial charge in [0.2, 0.25) is 5.91 Å². The Hall–Kier alpha value is -0.280. The molecule has 3 nitrogen and oxygen atoms in total. The number of hydrogen-bond acceptors (Lipinski definition) is 2. The van der Waals surface area contributed by atoms with Crippen LogP contribution < -0.4 is 0 Å².